The average molecular weight is 345 g/mol. The lowest BCUT2D eigenvalue weighted by atomic mass is 10.3. The lowest BCUT2D eigenvalue weighted by Crippen LogP contribution is -2.15. The smallest absolute Gasteiger partial charge is 0.289 e. The van der Waals surface area contributed by atoms with Crippen molar-refractivity contribution in [1.82, 2.24) is 4.57 Å². The maximum atomic E-state index is 12.2. The number of aryl methyl sites for hydroxylation is 1. The number of carbonyl (C=O) groups excluding carboxylic acids is 2. The molecular formula is C16H15N3O2S2. The highest BCUT2D eigenvalue weighted by atomic mass is 32.1. The van der Waals surface area contributed by atoms with Gasteiger partial charge in [-0.3, -0.25) is 9.59 Å². The van der Waals surface area contributed by atoms with Crippen LogP contribution in [0.1, 0.15) is 23.5 Å². The zero-order valence-corrected chi connectivity index (χ0v) is 14.3. The zero-order valence-electron chi connectivity index (χ0n) is 12.7. The molecule has 23 heavy (non-hydrogen) atoms. The van der Waals surface area contributed by atoms with Crippen molar-refractivity contribution in [3.8, 4) is 0 Å². The number of fused-ring (bicyclic) bond motifs is 1. The Kier molecular flexibility index (Phi) is 4.40. The number of thiophene rings is 1. The number of hydrogen-bond donors (Lipinski definition) is 1. The summed E-state index contributed by atoms with van der Waals surface area (Å²) in [4.78, 5) is 29.0. The number of nitrogens with zero attached hydrogens (tertiary/aromatic N) is 2. The molecule has 3 aromatic rings. The first-order valence-corrected chi connectivity index (χ1v) is 8.81. The van der Waals surface area contributed by atoms with Crippen molar-refractivity contribution in [2.45, 2.75) is 20.4 Å². The number of nitrogens with one attached hydrogen (secondary N) is 1. The number of benzene rings is 1. The molecule has 0 atom stereocenters. The van der Waals surface area contributed by atoms with Crippen LogP contribution in [0.4, 0.5) is 5.69 Å². The number of anilines is 1. The molecule has 0 saturated carbocycles. The topological polar surface area (TPSA) is 63.5 Å². The fourth-order valence-electron chi connectivity index (χ4n) is 2.29. The first kappa shape index (κ1) is 15.6. The quantitative estimate of drug-likeness (QED) is 0.790. The minimum atomic E-state index is -0.226. The Labute approximate surface area is 140 Å². The summed E-state index contributed by atoms with van der Waals surface area (Å²) in [5, 5.41) is 4.63. The van der Waals surface area contributed by atoms with Crippen LogP contribution in [0.3, 0.4) is 0 Å². The first-order valence-electron chi connectivity index (χ1n) is 7.12. The number of thiazole rings is 1. The third-order valence-corrected chi connectivity index (χ3v) is 5.15. The van der Waals surface area contributed by atoms with Gasteiger partial charge in [0.25, 0.3) is 5.91 Å². The van der Waals surface area contributed by atoms with E-state index in [1.165, 1.54) is 29.6 Å². The molecule has 0 aliphatic rings. The normalized spacial score (nSPS) is 11.8. The molecule has 1 aromatic carbocycles. The van der Waals surface area contributed by atoms with Gasteiger partial charge < -0.3 is 9.88 Å². The second-order valence-electron chi connectivity index (χ2n) is 4.89. The molecule has 118 valence electrons. The van der Waals surface area contributed by atoms with Gasteiger partial charge in [-0.2, -0.15) is 4.99 Å². The molecule has 0 spiro atoms. The van der Waals surface area contributed by atoms with E-state index in [1.807, 2.05) is 41.1 Å². The number of aromatic nitrogens is 1. The lowest BCUT2D eigenvalue weighted by molar-refractivity contribution is -0.114. The average Bonchev–Trinajstić information content (AvgIpc) is 3.13. The van der Waals surface area contributed by atoms with E-state index in [1.54, 1.807) is 6.07 Å². The SMILES string of the molecule is CCn1c(=NC(=O)c2cccs2)sc2cc(NC(C)=O)ccc21. The van der Waals surface area contributed by atoms with Crippen molar-refractivity contribution >= 4 is 50.4 Å². The number of carbonyl (C=O) groups is 2. The molecule has 0 bridgehead atoms. The maximum Gasteiger partial charge on any atom is 0.289 e. The Morgan fingerprint density at radius 1 is 1.30 bits per heavy atom. The third kappa shape index (κ3) is 3.25. The molecule has 0 fully saturated rings. The Balaban J connectivity index is 2.09. The molecule has 2 amide bonds. The molecule has 0 saturated heterocycles. The summed E-state index contributed by atoms with van der Waals surface area (Å²) < 4.78 is 2.99. The highest BCUT2D eigenvalue weighted by Crippen LogP contribution is 2.22. The summed E-state index contributed by atoms with van der Waals surface area (Å²) in [6.07, 6.45) is 0. The number of hydrogen-bond acceptors (Lipinski definition) is 4. The van der Waals surface area contributed by atoms with E-state index in [2.05, 4.69) is 10.3 Å². The van der Waals surface area contributed by atoms with Crippen molar-refractivity contribution in [2.75, 3.05) is 5.32 Å². The molecule has 2 aromatic heterocycles. The Hall–Kier alpha value is -2.25. The summed E-state index contributed by atoms with van der Waals surface area (Å²) in [6.45, 7) is 4.21. The summed E-state index contributed by atoms with van der Waals surface area (Å²) in [5.74, 6) is -0.335. The van der Waals surface area contributed by atoms with Crippen LogP contribution in [0.5, 0.6) is 0 Å². The van der Waals surface area contributed by atoms with Crippen LogP contribution in [0, 0.1) is 0 Å². The van der Waals surface area contributed by atoms with Crippen molar-refractivity contribution < 1.29 is 9.59 Å². The van der Waals surface area contributed by atoms with Gasteiger partial charge in [0.05, 0.1) is 15.1 Å². The third-order valence-electron chi connectivity index (χ3n) is 3.25. The Bertz CT molecular complexity index is 936. The van der Waals surface area contributed by atoms with Gasteiger partial charge >= 0.3 is 0 Å². The van der Waals surface area contributed by atoms with Crippen molar-refractivity contribution in [1.29, 1.82) is 0 Å². The van der Waals surface area contributed by atoms with Crippen molar-refractivity contribution in [3.63, 3.8) is 0 Å². The van der Waals surface area contributed by atoms with Gasteiger partial charge in [-0.15, -0.1) is 11.3 Å². The van der Waals surface area contributed by atoms with Gasteiger partial charge in [0, 0.05) is 19.2 Å². The van der Waals surface area contributed by atoms with Gasteiger partial charge in [0.1, 0.15) is 0 Å². The van der Waals surface area contributed by atoms with Gasteiger partial charge in [0.2, 0.25) is 5.91 Å². The van der Waals surface area contributed by atoms with Crippen LogP contribution in [0.25, 0.3) is 10.2 Å². The van der Waals surface area contributed by atoms with E-state index >= 15 is 0 Å². The molecule has 5 nitrogen and oxygen atoms in total. The Morgan fingerprint density at radius 2 is 2.13 bits per heavy atom. The molecule has 3 rings (SSSR count). The molecule has 0 unspecified atom stereocenters. The summed E-state index contributed by atoms with van der Waals surface area (Å²) in [6, 6.07) is 9.31. The van der Waals surface area contributed by atoms with Crippen LogP contribution < -0.4 is 10.1 Å². The maximum absolute atomic E-state index is 12.2. The van der Waals surface area contributed by atoms with E-state index in [4.69, 9.17) is 0 Å². The minimum absolute atomic E-state index is 0.109. The van der Waals surface area contributed by atoms with Crippen LogP contribution in [-0.4, -0.2) is 16.4 Å². The predicted molar refractivity (Wildman–Crippen MR) is 94.0 cm³/mol. The molecule has 7 heteroatoms. The van der Waals surface area contributed by atoms with E-state index in [-0.39, 0.29) is 11.8 Å². The predicted octanol–water partition coefficient (Wildman–Crippen LogP) is 3.48. The molecule has 2 heterocycles. The molecule has 0 aliphatic carbocycles. The molecular weight excluding hydrogens is 330 g/mol. The highest BCUT2D eigenvalue weighted by Gasteiger charge is 2.09. The van der Waals surface area contributed by atoms with Gasteiger partial charge in [-0.25, -0.2) is 0 Å². The standard InChI is InChI=1S/C16H15N3O2S2/c1-3-19-12-7-6-11(17-10(2)20)9-14(12)23-16(19)18-15(21)13-5-4-8-22-13/h4-9H,3H2,1-2H3,(H,17,20). The monoisotopic (exact) mass is 345 g/mol. The summed E-state index contributed by atoms with van der Waals surface area (Å²) >= 11 is 2.83. The summed E-state index contributed by atoms with van der Waals surface area (Å²) in [7, 11) is 0. The van der Waals surface area contributed by atoms with Crippen molar-refractivity contribution in [2.24, 2.45) is 4.99 Å². The van der Waals surface area contributed by atoms with E-state index in [9.17, 15) is 9.59 Å². The first-order chi connectivity index (χ1) is 11.1. The number of amides is 2. The van der Waals surface area contributed by atoms with Gasteiger partial charge in [-0.05, 0) is 36.6 Å². The second-order valence-corrected chi connectivity index (χ2v) is 6.84. The van der Waals surface area contributed by atoms with E-state index < -0.39 is 0 Å². The fourth-order valence-corrected chi connectivity index (χ4v) is 4.03. The Morgan fingerprint density at radius 3 is 2.78 bits per heavy atom. The van der Waals surface area contributed by atoms with E-state index in [0.717, 1.165) is 22.4 Å². The number of rotatable bonds is 3. The van der Waals surface area contributed by atoms with Gasteiger partial charge in [-0.1, -0.05) is 17.4 Å². The lowest BCUT2D eigenvalue weighted by Gasteiger charge is -2.03. The zero-order chi connectivity index (χ0) is 16.4. The molecule has 1 N–H and O–H groups in total. The van der Waals surface area contributed by atoms with Crippen LogP contribution in [0.15, 0.2) is 40.7 Å². The van der Waals surface area contributed by atoms with Crippen LogP contribution >= 0.6 is 22.7 Å². The second kappa shape index (κ2) is 6.47. The summed E-state index contributed by atoms with van der Waals surface area (Å²) in [5.41, 5.74) is 1.75. The minimum Gasteiger partial charge on any atom is -0.326 e. The highest BCUT2D eigenvalue weighted by molar-refractivity contribution is 7.16. The largest absolute Gasteiger partial charge is 0.326 e. The fraction of sp³-hybridized carbons (Fsp3) is 0.188. The molecule has 0 aliphatic heterocycles. The van der Waals surface area contributed by atoms with E-state index in [0.29, 0.717) is 9.68 Å². The molecule has 0 radical (unpaired) electrons. The van der Waals surface area contributed by atoms with Crippen LogP contribution in [0.2, 0.25) is 0 Å². The van der Waals surface area contributed by atoms with Gasteiger partial charge in [0.15, 0.2) is 4.80 Å². The van der Waals surface area contributed by atoms with Crippen LogP contribution in [-0.2, 0) is 11.3 Å². The van der Waals surface area contributed by atoms with Crippen molar-refractivity contribution in [3.05, 3.63) is 45.4 Å².